The van der Waals surface area contributed by atoms with Crippen molar-refractivity contribution in [2.75, 3.05) is 16.8 Å². The summed E-state index contributed by atoms with van der Waals surface area (Å²) in [7, 11) is 0. The lowest BCUT2D eigenvalue weighted by atomic mass is 10.1. The minimum absolute atomic E-state index is 0.0945. The topological polar surface area (TPSA) is 58.6 Å². The maximum absolute atomic E-state index is 13.2. The molecule has 0 saturated heterocycles. The van der Waals surface area contributed by atoms with Gasteiger partial charge in [0.1, 0.15) is 11.6 Å². The molecule has 0 bridgehead atoms. The number of nitrogens with one attached hydrogen (secondary N) is 1. The van der Waals surface area contributed by atoms with Gasteiger partial charge in [-0.2, -0.15) is 0 Å². The normalized spacial score (nSPS) is 12.9. The van der Waals surface area contributed by atoms with E-state index in [9.17, 15) is 14.0 Å². The standard InChI is InChI=1S/C24H21FN2O3/c1-15-3-6-18(11-16(15)2)24(29)26-20-9-10-21-22(12-20)30-14-23(28)27(21)13-17-4-7-19(25)8-5-17/h3-12H,13-14H2,1-2H3,(H,26,29). The number of carbonyl (C=O) groups excluding carboxylic acids is 2. The zero-order valence-corrected chi connectivity index (χ0v) is 16.7. The Morgan fingerprint density at radius 1 is 1.03 bits per heavy atom. The van der Waals surface area contributed by atoms with Gasteiger partial charge in [0.05, 0.1) is 12.2 Å². The Labute approximate surface area is 174 Å². The van der Waals surface area contributed by atoms with Gasteiger partial charge in [-0.25, -0.2) is 4.39 Å². The Morgan fingerprint density at radius 3 is 2.53 bits per heavy atom. The van der Waals surface area contributed by atoms with Crippen molar-refractivity contribution in [3.63, 3.8) is 0 Å². The molecular formula is C24H21FN2O3. The molecule has 2 amide bonds. The molecule has 1 N–H and O–H groups in total. The molecular weight excluding hydrogens is 383 g/mol. The summed E-state index contributed by atoms with van der Waals surface area (Å²) in [6.07, 6.45) is 0. The average Bonchev–Trinajstić information content (AvgIpc) is 2.73. The van der Waals surface area contributed by atoms with Crippen molar-refractivity contribution in [1.82, 2.24) is 0 Å². The molecule has 1 aliphatic heterocycles. The summed E-state index contributed by atoms with van der Waals surface area (Å²) in [6, 6.07) is 16.8. The molecule has 0 fully saturated rings. The van der Waals surface area contributed by atoms with Crippen LogP contribution >= 0.6 is 0 Å². The van der Waals surface area contributed by atoms with Crippen molar-refractivity contribution in [2.24, 2.45) is 0 Å². The molecule has 4 rings (SSSR count). The first kappa shape index (κ1) is 19.6. The van der Waals surface area contributed by atoms with Gasteiger partial charge in [-0.1, -0.05) is 18.2 Å². The lowest BCUT2D eigenvalue weighted by Crippen LogP contribution is -2.38. The third-order valence-corrected chi connectivity index (χ3v) is 5.18. The molecule has 0 aliphatic carbocycles. The van der Waals surface area contributed by atoms with Gasteiger partial charge < -0.3 is 15.0 Å². The summed E-state index contributed by atoms with van der Waals surface area (Å²) in [6.45, 7) is 4.18. The van der Waals surface area contributed by atoms with Crippen molar-refractivity contribution in [2.45, 2.75) is 20.4 Å². The van der Waals surface area contributed by atoms with Crippen molar-refractivity contribution < 1.29 is 18.7 Å². The summed E-state index contributed by atoms with van der Waals surface area (Å²) < 4.78 is 18.7. The van der Waals surface area contributed by atoms with Gasteiger partial charge in [-0.15, -0.1) is 0 Å². The van der Waals surface area contributed by atoms with Crippen LogP contribution in [0.5, 0.6) is 5.75 Å². The van der Waals surface area contributed by atoms with Crippen molar-refractivity contribution >= 4 is 23.2 Å². The molecule has 3 aromatic carbocycles. The summed E-state index contributed by atoms with van der Waals surface area (Å²) in [5.41, 5.74) is 4.74. The fourth-order valence-corrected chi connectivity index (χ4v) is 3.31. The Morgan fingerprint density at radius 2 is 1.80 bits per heavy atom. The Bertz CT molecular complexity index is 1130. The van der Waals surface area contributed by atoms with Gasteiger partial charge in [-0.3, -0.25) is 9.59 Å². The number of fused-ring (bicyclic) bond motifs is 1. The number of ether oxygens (including phenoxy) is 1. The average molecular weight is 404 g/mol. The monoisotopic (exact) mass is 404 g/mol. The van der Waals surface area contributed by atoms with Crippen LogP contribution in [0, 0.1) is 19.7 Å². The van der Waals surface area contributed by atoms with Crippen LogP contribution in [0.1, 0.15) is 27.0 Å². The van der Waals surface area contributed by atoms with Gasteiger partial charge in [-0.05, 0) is 66.9 Å². The molecule has 0 unspecified atom stereocenters. The minimum atomic E-state index is -0.323. The van der Waals surface area contributed by atoms with Crippen LogP contribution < -0.4 is 15.0 Å². The molecule has 0 spiro atoms. The van der Waals surface area contributed by atoms with Crippen LogP contribution in [0.3, 0.4) is 0 Å². The number of benzene rings is 3. The van der Waals surface area contributed by atoms with E-state index in [1.165, 1.54) is 12.1 Å². The highest BCUT2D eigenvalue weighted by Crippen LogP contribution is 2.35. The lowest BCUT2D eigenvalue weighted by Gasteiger charge is -2.29. The zero-order chi connectivity index (χ0) is 21.3. The molecule has 30 heavy (non-hydrogen) atoms. The predicted octanol–water partition coefficient (Wildman–Crippen LogP) is 4.62. The largest absolute Gasteiger partial charge is 0.481 e. The second-order valence-electron chi connectivity index (χ2n) is 7.33. The lowest BCUT2D eigenvalue weighted by molar-refractivity contribution is -0.121. The van der Waals surface area contributed by atoms with Crippen LogP contribution in [-0.4, -0.2) is 18.4 Å². The number of nitrogens with zero attached hydrogens (tertiary/aromatic N) is 1. The van der Waals surface area contributed by atoms with Gasteiger partial charge in [0.25, 0.3) is 11.8 Å². The Hall–Kier alpha value is -3.67. The number of hydrogen-bond donors (Lipinski definition) is 1. The first-order chi connectivity index (χ1) is 14.4. The van der Waals surface area contributed by atoms with E-state index >= 15 is 0 Å². The smallest absolute Gasteiger partial charge is 0.265 e. The molecule has 0 atom stereocenters. The maximum atomic E-state index is 13.2. The van der Waals surface area contributed by atoms with Crippen LogP contribution in [0.15, 0.2) is 60.7 Å². The number of aryl methyl sites for hydroxylation is 2. The van der Waals surface area contributed by atoms with Gasteiger partial charge in [0, 0.05) is 17.3 Å². The molecule has 0 aromatic heterocycles. The van der Waals surface area contributed by atoms with E-state index in [4.69, 9.17) is 4.74 Å². The second kappa shape index (κ2) is 7.99. The van der Waals surface area contributed by atoms with Crippen molar-refractivity contribution in [3.05, 3.63) is 88.7 Å². The number of carbonyl (C=O) groups is 2. The van der Waals surface area contributed by atoms with Gasteiger partial charge >= 0.3 is 0 Å². The third-order valence-electron chi connectivity index (χ3n) is 5.18. The van der Waals surface area contributed by atoms with Crippen LogP contribution in [0.2, 0.25) is 0 Å². The van der Waals surface area contributed by atoms with Crippen molar-refractivity contribution in [3.8, 4) is 5.75 Å². The fourth-order valence-electron chi connectivity index (χ4n) is 3.31. The number of anilines is 2. The molecule has 0 radical (unpaired) electrons. The highest BCUT2D eigenvalue weighted by atomic mass is 19.1. The molecule has 1 heterocycles. The summed E-state index contributed by atoms with van der Waals surface area (Å²) in [4.78, 5) is 26.6. The van der Waals surface area contributed by atoms with E-state index in [1.807, 2.05) is 26.0 Å². The van der Waals surface area contributed by atoms with E-state index < -0.39 is 0 Å². The first-order valence-electron chi connectivity index (χ1n) is 9.61. The van der Waals surface area contributed by atoms with Crippen LogP contribution in [0.4, 0.5) is 15.8 Å². The van der Waals surface area contributed by atoms with E-state index in [2.05, 4.69) is 5.32 Å². The zero-order valence-electron chi connectivity index (χ0n) is 16.7. The molecule has 1 aliphatic rings. The number of amides is 2. The minimum Gasteiger partial charge on any atom is -0.481 e. The number of hydrogen-bond acceptors (Lipinski definition) is 3. The molecule has 5 nitrogen and oxygen atoms in total. The van der Waals surface area contributed by atoms with E-state index in [1.54, 1.807) is 41.3 Å². The predicted molar refractivity (Wildman–Crippen MR) is 113 cm³/mol. The molecule has 152 valence electrons. The third kappa shape index (κ3) is 4.03. The first-order valence-corrected chi connectivity index (χ1v) is 9.61. The highest BCUT2D eigenvalue weighted by Gasteiger charge is 2.26. The Balaban J connectivity index is 1.55. The maximum Gasteiger partial charge on any atom is 0.265 e. The number of halogens is 1. The van der Waals surface area contributed by atoms with Crippen molar-refractivity contribution in [1.29, 1.82) is 0 Å². The summed E-state index contributed by atoms with van der Waals surface area (Å²) >= 11 is 0. The fraction of sp³-hybridized carbons (Fsp3) is 0.167. The van der Waals surface area contributed by atoms with E-state index in [0.29, 0.717) is 29.2 Å². The van der Waals surface area contributed by atoms with Gasteiger partial charge in [0.15, 0.2) is 6.61 Å². The summed E-state index contributed by atoms with van der Waals surface area (Å²) in [5.74, 6) is -0.210. The SMILES string of the molecule is Cc1ccc(C(=O)Nc2ccc3c(c2)OCC(=O)N3Cc2ccc(F)cc2)cc1C. The second-order valence-corrected chi connectivity index (χ2v) is 7.33. The van der Waals surface area contributed by atoms with Crippen LogP contribution in [0.25, 0.3) is 0 Å². The molecule has 3 aromatic rings. The van der Waals surface area contributed by atoms with E-state index in [0.717, 1.165) is 16.7 Å². The molecule has 6 heteroatoms. The number of rotatable bonds is 4. The highest BCUT2D eigenvalue weighted by molar-refractivity contribution is 6.05. The Kier molecular flexibility index (Phi) is 5.23. The van der Waals surface area contributed by atoms with E-state index in [-0.39, 0.29) is 24.2 Å². The summed E-state index contributed by atoms with van der Waals surface area (Å²) in [5, 5.41) is 2.87. The quantitative estimate of drug-likeness (QED) is 0.690. The van der Waals surface area contributed by atoms with Gasteiger partial charge in [0.2, 0.25) is 0 Å². The van der Waals surface area contributed by atoms with Crippen LogP contribution in [-0.2, 0) is 11.3 Å². The molecule has 0 saturated carbocycles.